The second-order valence-corrected chi connectivity index (χ2v) is 7.61. The molecule has 2 aromatic carbocycles. The Morgan fingerprint density at radius 2 is 1.88 bits per heavy atom. The minimum Gasteiger partial charge on any atom is -0.477 e. The molecule has 2 atom stereocenters. The molecule has 0 bridgehead atoms. The average molecular weight is 475 g/mol. The summed E-state index contributed by atoms with van der Waals surface area (Å²) in [7, 11) is 0. The van der Waals surface area contributed by atoms with E-state index in [1.807, 2.05) is 31.2 Å². The fourth-order valence-electron chi connectivity index (χ4n) is 2.83. The molecule has 1 heterocycles. The van der Waals surface area contributed by atoms with Crippen LogP contribution < -0.4 is 5.01 Å². The number of rotatable bonds is 3. The molecule has 0 fully saturated rings. The van der Waals surface area contributed by atoms with E-state index in [9.17, 15) is 9.90 Å². The predicted octanol–water partition coefficient (Wildman–Crippen LogP) is 5.24. The van der Waals surface area contributed by atoms with Crippen LogP contribution in [0.15, 0.2) is 47.6 Å². The number of carbonyl (C=O) groups is 1. The van der Waals surface area contributed by atoms with Crippen molar-refractivity contribution in [1.82, 2.24) is 0 Å². The van der Waals surface area contributed by atoms with Crippen LogP contribution in [-0.4, -0.2) is 16.8 Å². The highest BCUT2D eigenvalue weighted by atomic mass is 127. The number of nitrogens with zero attached hydrogens (tertiary/aromatic N) is 2. The quantitative estimate of drug-likeness (QED) is 0.619. The summed E-state index contributed by atoms with van der Waals surface area (Å²) in [4.78, 5) is 11.5. The molecule has 0 aliphatic carbocycles. The van der Waals surface area contributed by atoms with Crippen LogP contribution in [0.3, 0.4) is 0 Å². The molecule has 0 spiro atoms. The van der Waals surface area contributed by atoms with Crippen LogP contribution in [0.4, 0.5) is 5.69 Å². The molecule has 24 heavy (non-hydrogen) atoms. The maximum absolute atomic E-state index is 11.5. The lowest BCUT2D eigenvalue weighted by Crippen LogP contribution is -2.26. The normalized spacial score (nSPS) is 20.2. The molecule has 0 saturated carbocycles. The maximum atomic E-state index is 11.5. The van der Waals surface area contributed by atoms with E-state index in [0.29, 0.717) is 15.7 Å². The first-order chi connectivity index (χ1) is 11.4. The highest BCUT2D eigenvalue weighted by molar-refractivity contribution is 14.1. The molecule has 1 aliphatic rings. The van der Waals surface area contributed by atoms with Gasteiger partial charge in [-0.25, -0.2) is 4.79 Å². The fourth-order valence-corrected chi connectivity index (χ4v) is 3.68. The van der Waals surface area contributed by atoms with Gasteiger partial charge in [-0.2, -0.15) is 5.10 Å². The molecule has 0 unspecified atom stereocenters. The van der Waals surface area contributed by atoms with Gasteiger partial charge in [-0.1, -0.05) is 42.3 Å². The van der Waals surface area contributed by atoms with Gasteiger partial charge in [-0.15, -0.1) is 0 Å². The van der Waals surface area contributed by atoms with Crippen molar-refractivity contribution in [3.63, 3.8) is 0 Å². The third kappa shape index (κ3) is 3.25. The lowest BCUT2D eigenvalue weighted by molar-refractivity contribution is -0.129. The number of halogens is 3. The number of carboxylic acids is 1. The van der Waals surface area contributed by atoms with Crippen LogP contribution in [0.5, 0.6) is 0 Å². The lowest BCUT2D eigenvalue weighted by atomic mass is 9.91. The minimum atomic E-state index is -1.02. The second-order valence-electron chi connectivity index (χ2n) is 5.52. The molecule has 0 aromatic heterocycles. The van der Waals surface area contributed by atoms with Crippen molar-refractivity contribution in [3.05, 3.63) is 61.6 Å². The number of hydrogen-bond acceptors (Lipinski definition) is 3. The average Bonchev–Trinajstić information content (AvgIpc) is 2.86. The Kier molecular flexibility index (Phi) is 5.03. The summed E-state index contributed by atoms with van der Waals surface area (Å²) < 4.78 is 1.11. The van der Waals surface area contributed by atoms with Gasteiger partial charge in [0.15, 0.2) is 5.71 Å². The first-order valence-electron chi connectivity index (χ1n) is 7.20. The Labute approximate surface area is 163 Å². The van der Waals surface area contributed by atoms with Gasteiger partial charge < -0.3 is 5.11 Å². The zero-order valence-corrected chi connectivity index (χ0v) is 16.2. The van der Waals surface area contributed by atoms with E-state index in [1.54, 1.807) is 23.2 Å². The van der Waals surface area contributed by atoms with Crippen LogP contribution in [-0.2, 0) is 4.79 Å². The summed E-state index contributed by atoms with van der Waals surface area (Å²) in [6, 6.07) is 12.8. The van der Waals surface area contributed by atoms with Crippen molar-refractivity contribution in [2.75, 3.05) is 5.01 Å². The van der Waals surface area contributed by atoms with Crippen molar-refractivity contribution >= 4 is 63.2 Å². The first kappa shape index (κ1) is 17.5. The van der Waals surface area contributed by atoms with E-state index < -0.39 is 5.97 Å². The van der Waals surface area contributed by atoms with E-state index in [0.717, 1.165) is 9.13 Å². The van der Waals surface area contributed by atoms with Crippen LogP contribution in [0.1, 0.15) is 18.5 Å². The molecule has 1 aliphatic heterocycles. The first-order valence-corrected chi connectivity index (χ1v) is 9.03. The van der Waals surface area contributed by atoms with E-state index in [2.05, 4.69) is 27.7 Å². The van der Waals surface area contributed by atoms with Crippen LogP contribution >= 0.6 is 45.8 Å². The lowest BCUT2D eigenvalue weighted by Gasteiger charge is -2.27. The molecule has 7 heteroatoms. The third-order valence-electron chi connectivity index (χ3n) is 3.97. The fraction of sp³-hybridized carbons (Fsp3) is 0.176. The van der Waals surface area contributed by atoms with Gasteiger partial charge in [0, 0.05) is 14.5 Å². The van der Waals surface area contributed by atoms with Crippen LogP contribution in [0, 0.1) is 9.49 Å². The van der Waals surface area contributed by atoms with Crippen LogP contribution in [0.2, 0.25) is 10.0 Å². The zero-order valence-electron chi connectivity index (χ0n) is 12.6. The molecule has 2 aromatic rings. The van der Waals surface area contributed by atoms with Gasteiger partial charge in [0.25, 0.3) is 0 Å². The maximum Gasteiger partial charge on any atom is 0.352 e. The van der Waals surface area contributed by atoms with Gasteiger partial charge in [0.05, 0.1) is 16.8 Å². The number of carboxylic acid groups (broad SMARTS) is 1. The number of aliphatic carboxylic acids is 1. The Bertz CT molecular complexity index is 824. The Morgan fingerprint density at radius 1 is 1.21 bits per heavy atom. The summed E-state index contributed by atoms with van der Waals surface area (Å²) in [5.41, 5.74) is 1.73. The van der Waals surface area contributed by atoms with Crippen molar-refractivity contribution in [2.45, 2.75) is 13.0 Å². The molecular formula is C17H13Cl2IN2O2. The summed E-state index contributed by atoms with van der Waals surface area (Å²) in [6.45, 7) is 1.86. The number of hydrazone groups is 1. The Morgan fingerprint density at radius 3 is 2.46 bits per heavy atom. The molecule has 4 nitrogen and oxygen atoms in total. The van der Waals surface area contributed by atoms with E-state index in [4.69, 9.17) is 23.2 Å². The monoisotopic (exact) mass is 474 g/mol. The van der Waals surface area contributed by atoms with Crippen molar-refractivity contribution in [1.29, 1.82) is 0 Å². The number of hydrogen-bond donors (Lipinski definition) is 1. The summed E-state index contributed by atoms with van der Waals surface area (Å²) >= 11 is 14.5. The predicted molar refractivity (Wildman–Crippen MR) is 105 cm³/mol. The van der Waals surface area contributed by atoms with Crippen molar-refractivity contribution < 1.29 is 9.90 Å². The van der Waals surface area contributed by atoms with Gasteiger partial charge >= 0.3 is 5.97 Å². The van der Waals surface area contributed by atoms with Crippen molar-refractivity contribution in [3.8, 4) is 0 Å². The summed E-state index contributed by atoms with van der Waals surface area (Å²) in [5, 5.41) is 16.4. The van der Waals surface area contributed by atoms with E-state index in [1.165, 1.54) is 0 Å². The molecule has 1 N–H and O–H groups in total. The topological polar surface area (TPSA) is 52.9 Å². The molecule has 3 rings (SSSR count). The Hall–Kier alpha value is -1.31. The number of benzene rings is 2. The van der Waals surface area contributed by atoms with Gasteiger partial charge in [-0.05, 0) is 58.5 Å². The SMILES string of the molecule is C[C@@H]1C(C(=O)O)=NN(c2ccc(Cl)cc2Cl)[C@@H]1c1ccc(I)cc1. The third-order valence-corrected chi connectivity index (χ3v) is 5.23. The Balaban J connectivity index is 2.11. The van der Waals surface area contributed by atoms with Gasteiger partial charge in [-0.3, -0.25) is 5.01 Å². The minimum absolute atomic E-state index is 0.115. The number of anilines is 1. The standard InChI is InChI=1S/C17H13Cl2IN2O2/c1-9-15(17(23)24)21-22(14-7-4-11(18)8-13(14)19)16(9)10-2-5-12(20)6-3-10/h2-9,16H,1H3,(H,23,24)/t9-,16+/m1/s1. The molecular weight excluding hydrogens is 462 g/mol. The van der Waals surface area contributed by atoms with Crippen molar-refractivity contribution in [2.24, 2.45) is 11.0 Å². The molecule has 0 amide bonds. The molecule has 0 radical (unpaired) electrons. The van der Waals surface area contributed by atoms with E-state index >= 15 is 0 Å². The van der Waals surface area contributed by atoms with Gasteiger partial charge in [0.2, 0.25) is 0 Å². The second kappa shape index (κ2) is 6.90. The highest BCUT2D eigenvalue weighted by Gasteiger charge is 2.39. The summed E-state index contributed by atoms with van der Waals surface area (Å²) in [5.74, 6) is -1.31. The van der Waals surface area contributed by atoms with Gasteiger partial charge in [0.1, 0.15) is 0 Å². The summed E-state index contributed by atoms with van der Waals surface area (Å²) in [6.07, 6.45) is 0. The molecule has 0 saturated heterocycles. The highest BCUT2D eigenvalue weighted by Crippen LogP contribution is 2.42. The largest absolute Gasteiger partial charge is 0.477 e. The zero-order chi connectivity index (χ0) is 17.4. The molecule has 124 valence electrons. The van der Waals surface area contributed by atoms with Crippen LogP contribution in [0.25, 0.3) is 0 Å². The van der Waals surface area contributed by atoms with E-state index in [-0.39, 0.29) is 17.7 Å². The smallest absolute Gasteiger partial charge is 0.352 e.